The van der Waals surface area contributed by atoms with Gasteiger partial charge in [0.2, 0.25) is 0 Å². The van der Waals surface area contributed by atoms with E-state index in [4.69, 9.17) is 0 Å². The molecule has 72 valence electrons. The monoisotopic (exact) mass is 205 g/mol. The lowest BCUT2D eigenvalue weighted by molar-refractivity contribution is 0.691. The van der Waals surface area contributed by atoms with E-state index in [-0.39, 0.29) is 5.43 Å². The molecule has 2 rings (SSSR count). The lowest BCUT2D eigenvalue weighted by Gasteiger charge is -2.03. The molecule has 0 unspecified atom stereocenters. The highest BCUT2D eigenvalue weighted by Crippen LogP contribution is 2.07. The Kier molecular flexibility index (Phi) is 2.79. The molecule has 0 saturated heterocycles. The molecule has 0 radical (unpaired) electrons. The zero-order valence-electron chi connectivity index (χ0n) is 7.72. The number of thiophene rings is 1. The summed E-state index contributed by atoms with van der Waals surface area (Å²) < 4.78 is 2.03. The SMILES string of the molecule is O=c1ccn(CCc2ccsc2)cc1. The number of aryl methyl sites for hydroxylation is 2. The second-order valence-electron chi connectivity index (χ2n) is 3.15. The Balaban J connectivity index is 1.99. The van der Waals surface area contributed by atoms with E-state index in [1.54, 1.807) is 23.5 Å². The molecule has 0 aliphatic carbocycles. The minimum atomic E-state index is 0.0665. The molecule has 0 atom stereocenters. The third-order valence-corrected chi connectivity index (χ3v) is 2.83. The van der Waals surface area contributed by atoms with Crippen LogP contribution in [0.2, 0.25) is 0 Å². The summed E-state index contributed by atoms with van der Waals surface area (Å²) in [6.07, 6.45) is 4.68. The van der Waals surface area contributed by atoms with Crippen LogP contribution in [0.1, 0.15) is 5.56 Å². The summed E-state index contributed by atoms with van der Waals surface area (Å²) in [7, 11) is 0. The van der Waals surface area contributed by atoms with Crippen molar-refractivity contribution in [3.8, 4) is 0 Å². The first-order chi connectivity index (χ1) is 6.84. The Hall–Kier alpha value is -1.35. The van der Waals surface area contributed by atoms with Gasteiger partial charge in [-0.1, -0.05) is 0 Å². The minimum absolute atomic E-state index is 0.0665. The first-order valence-electron chi connectivity index (χ1n) is 4.52. The molecule has 0 fully saturated rings. The first-order valence-corrected chi connectivity index (χ1v) is 5.46. The van der Waals surface area contributed by atoms with Gasteiger partial charge in [-0.05, 0) is 28.8 Å². The number of hydrogen-bond donors (Lipinski definition) is 0. The molecule has 2 aromatic heterocycles. The van der Waals surface area contributed by atoms with Gasteiger partial charge in [-0.25, -0.2) is 0 Å². The summed E-state index contributed by atoms with van der Waals surface area (Å²) in [5.41, 5.74) is 1.42. The number of hydrogen-bond acceptors (Lipinski definition) is 2. The lowest BCUT2D eigenvalue weighted by atomic mass is 10.2. The normalized spacial score (nSPS) is 10.3. The van der Waals surface area contributed by atoms with Crippen molar-refractivity contribution in [1.29, 1.82) is 0 Å². The second kappa shape index (κ2) is 4.24. The first kappa shape index (κ1) is 9.21. The Morgan fingerprint density at radius 1 is 1.21 bits per heavy atom. The fourth-order valence-corrected chi connectivity index (χ4v) is 1.99. The maximum atomic E-state index is 10.8. The van der Waals surface area contributed by atoms with Crippen molar-refractivity contribution in [2.24, 2.45) is 0 Å². The van der Waals surface area contributed by atoms with Crippen LogP contribution in [0, 0.1) is 0 Å². The van der Waals surface area contributed by atoms with E-state index in [0.29, 0.717) is 0 Å². The minimum Gasteiger partial charge on any atom is -0.354 e. The van der Waals surface area contributed by atoms with Gasteiger partial charge in [0.15, 0.2) is 5.43 Å². The van der Waals surface area contributed by atoms with E-state index < -0.39 is 0 Å². The Morgan fingerprint density at radius 3 is 2.64 bits per heavy atom. The van der Waals surface area contributed by atoms with Crippen LogP contribution in [-0.4, -0.2) is 4.57 Å². The van der Waals surface area contributed by atoms with E-state index in [2.05, 4.69) is 16.8 Å². The fraction of sp³-hybridized carbons (Fsp3) is 0.182. The average molecular weight is 205 g/mol. The summed E-state index contributed by atoms with van der Waals surface area (Å²) in [6.45, 7) is 0.928. The predicted molar refractivity (Wildman–Crippen MR) is 58.7 cm³/mol. The molecule has 2 heterocycles. The van der Waals surface area contributed by atoms with Gasteiger partial charge >= 0.3 is 0 Å². The summed E-state index contributed by atoms with van der Waals surface area (Å²) in [5, 5.41) is 4.24. The van der Waals surface area contributed by atoms with E-state index >= 15 is 0 Å². The molecular formula is C11H11NOS. The molecule has 3 heteroatoms. The number of rotatable bonds is 3. The van der Waals surface area contributed by atoms with Crippen molar-refractivity contribution in [3.63, 3.8) is 0 Å². The molecule has 14 heavy (non-hydrogen) atoms. The average Bonchev–Trinajstić information content (AvgIpc) is 2.70. The Morgan fingerprint density at radius 2 is 2.00 bits per heavy atom. The molecular weight excluding hydrogens is 194 g/mol. The molecule has 0 amide bonds. The van der Waals surface area contributed by atoms with E-state index in [1.165, 1.54) is 5.56 Å². The molecule has 0 spiro atoms. The molecule has 2 nitrogen and oxygen atoms in total. The quantitative estimate of drug-likeness (QED) is 0.752. The van der Waals surface area contributed by atoms with Crippen LogP contribution in [0.4, 0.5) is 0 Å². The zero-order valence-corrected chi connectivity index (χ0v) is 8.54. The maximum absolute atomic E-state index is 10.8. The predicted octanol–water partition coefficient (Wildman–Crippen LogP) is 2.15. The van der Waals surface area contributed by atoms with Crippen molar-refractivity contribution >= 4 is 11.3 Å². The topological polar surface area (TPSA) is 22.0 Å². The Bertz CT molecular complexity index is 424. The number of pyridine rings is 1. The maximum Gasteiger partial charge on any atom is 0.181 e. The highest BCUT2D eigenvalue weighted by atomic mass is 32.1. The van der Waals surface area contributed by atoms with Crippen LogP contribution in [0.5, 0.6) is 0 Å². The van der Waals surface area contributed by atoms with E-state index in [1.807, 2.05) is 17.0 Å². The van der Waals surface area contributed by atoms with E-state index in [9.17, 15) is 4.79 Å². The van der Waals surface area contributed by atoms with Gasteiger partial charge in [0.25, 0.3) is 0 Å². The fourth-order valence-electron chi connectivity index (χ4n) is 1.29. The van der Waals surface area contributed by atoms with Crippen molar-refractivity contribution < 1.29 is 0 Å². The van der Waals surface area contributed by atoms with Crippen LogP contribution in [0.3, 0.4) is 0 Å². The van der Waals surface area contributed by atoms with Gasteiger partial charge < -0.3 is 4.57 Å². The van der Waals surface area contributed by atoms with Crippen LogP contribution in [-0.2, 0) is 13.0 Å². The molecule has 0 aromatic carbocycles. The Labute approximate surface area is 86.4 Å². The van der Waals surface area contributed by atoms with Crippen LogP contribution in [0.15, 0.2) is 46.1 Å². The molecule has 0 saturated carbocycles. The van der Waals surface area contributed by atoms with Crippen LogP contribution in [0.25, 0.3) is 0 Å². The molecule has 0 N–H and O–H groups in total. The smallest absolute Gasteiger partial charge is 0.181 e. The van der Waals surface area contributed by atoms with Gasteiger partial charge in [0.05, 0.1) is 0 Å². The summed E-state index contributed by atoms with van der Waals surface area (Å²) in [5.74, 6) is 0. The van der Waals surface area contributed by atoms with Gasteiger partial charge in [0, 0.05) is 31.1 Å². The van der Waals surface area contributed by atoms with E-state index in [0.717, 1.165) is 13.0 Å². The zero-order chi connectivity index (χ0) is 9.80. The molecule has 0 aliphatic heterocycles. The van der Waals surface area contributed by atoms with Gasteiger partial charge in [0.1, 0.15) is 0 Å². The van der Waals surface area contributed by atoms with Crippen molar-refractivity contribution in [2.75, 3.05) is 0 Å². The second-order valence-corrected chi connectivity index (χ2v) is 3.93. The highest BCUT2D eigenvalue weighted by molar-refractivity contribution is 7.07. The highest BCUT2D eigenvalue weighted by Gasteiger charge is 1.93. The molecule has 0 bridgehead atoms. The standard InChI is InChI=1S/C11H11NOS/c13-11-2-6-12(7-3-11)5-1-10-4-8-14-9-10/h2-4,6-9H,1,5H2. The largest absolute Gasteiger partial charge is 0.354 e. The molecule has 0 aliphatic rings. The van der Waals surface area contributed by atoms with Crippen LogP contribution < -0.4 is 5.43 Å². The third-order valence-electron chi connectivity index (χ3n) is 2.10. The van der Waals surface area contributed by atoms with Crippen molar-refractivity contribution in [1.82, 2.24) is 4.57 Å². The number of aromatic nitrogens is 1. The lowest BCUT2D eigenvalue weighted by Crippen LogP contribution is -2.05. The van der Waals surface area contributed by atoms with Crippen molar-refractivity contribution in [2.45, 2.75) is 13.0 Å². The van der Waals surface area contributed by atoms with Gasteiger partial charge in [-0.2, -0.15) is 11.3 Å². The van der Waals surface area contributed by atoms with Crippen LogP contribution >= 0.6 is 11.3 Å². The number of nitrogens with zero attached hydrogens (tertiary/aromatic N) is 1. The summed E-state index contributed by atoms with van der Waals surface area (Å²) in [4.78, 5) is 10.8. The third kappa shape index (κ3) is 2.33. The summed E-state index contributed by atoms with van der Waals surface area (Å²) in [6, 6.07) is 5.31. The molecule has 2 aromatic rings. The van der Waals surface area contributed by atoms with Gasteiger partial charge in [-0.3, -0.25) is 4.79 Å². The summed E-state index contributed by atoms with van der Waals surface area (Å²) >= 11 is 1.72. The van der Waals surface area contributed by atoms with Crippen molar-refractivity contribution in [3.05, 3.63) is 57.1 Å². The van der Waals surface area contributed by atoms with Gasteiger partial charge in [-0.15, -0.1) is 0 Å².